The molecule has 9 heteroatoms. The van der Waals surface area contributed by atoms with Gasteiger partial charge in [-0.2, -0.15) is 18.2 Å². The van der Waals surface area contributed by atoms with Crippen LogP contribution in [0.2, 0.25) is 10.0 Å². The van der Waals surface area contributed by atoms with Crippen LogP contribution in [0.1, 0.15) is 0 Å². The van der Waals surface area contributed by atoms with Crippen LogP contribution in [-0.2, 0) is 10.1 Å². The van der Waals surface area contributed by atoms with Gasteiger partial charge in [0, 0.05) is 16.7 Å². The van der Waals surface area contributed by atoms with Gasteiger partial charge in [-0.15, -0.1) is 0 Å². The van der Waals surface area contributed by atoms with E-state index in [0.717, 1.165) is 5.56 Å². The Labute approximate surface area is 182 Å². The zero-order chi connectivity index (χ0) is 21.3. The molecule has 0 N–H and O–H groups in total. The van der Waals surface area contributed by atoms with E-state index in [2.05, 4.69) is 5.10 Å². The van der Waals surface area contributed by atoms with Crippen molar-refractivity contribution >= 4 is 33.3 Å². The summed E-state index contributed by atoms with van der Waals surface area (Å²) in [6, 6.07) is 20.1. The van der Waals surface area contributed by atoms with Crippen molar-refractivity contribution in [2.24, 2.45) is 0 Å². The molecule has 0 amide bonds. The SMILES string of the molecule is O=S(=O)(Oc1cc(-c2ccccc2)nn1-c1ccc(F)cc1)c1cc(Cl)ccc1Cl. The van der Waals surface area contributed by atoms with Gasteiger partial charge >= 0.3 is 10.1 Å². The van der Waals surface area contributed by atoms with Crippen molar-refractivity contribution in [1.29, 1.82) is 0 Å². The first-order chi connectivity index (χ1) is 14.3. The van der Waals surface area contributed by atoms with Crippen LogP contribution in [0.4, 0.5) is 4.39 Å². The molecule has 0 spiro atoms. The average Bonchev–Trinajstić information content (AvgIpc) is 3.14. The van der Waals surface area contributed by atoms with Gasteiger partial charge in [-0.3, -0.25) is 0 Å². The summed E-state index contributed by atoms with van der Waals surface area (Å²) in [5, 5.41) is 4.61. The maximum Gasteiger partial charge on any atom is 0.342 e. The lowest BCUT2D eigenvalue weighted by molar-refractivity contribution is 0.465. The third-order valence-electron chi connectivity index (χ3n) is 4.18. The van der Waals surface area contributed by atoms with Crippen LogP contribution in [0.15, 0.2) is 83.8 Å². The molecule has 0 aliphatic carbocycles. The molecule has 0 aliphatic rings. The van der Waals surface area contributed by atoms with E-state index in [9.17, 15) is 12.8 Å². The highest BCUT2D eigenvalue weighted by Crippen LogP contribution is 2.31. The summed E-state index contributed by atoms with van der Waals surface area (Å²) in [5.41, 5.74) is 1.64. The largest absolute Gasteiger partial charge is 0.358 e. The minimum atomic E-state index is -4.33. The highest BCUT2D eigenvalue weighted by molar-refractivity contribution is 7.87. The van der Waals surface area contributed by atoms with E-state index in [0.29, 0.717) is 11.4 Å². The van der Waals surface area contributed by atoms with E-state index >= 15 is 0 Å². The quantitative estimate of drug-likeness (QED) is 0.354. The summed E-state index contributed by atoms with van der Waals surface area (Å²) in [6.07, 6.45) is 0. The van der Waals surface area contributed by atoms with Crippen LogP contribution in [0, 0.1) is 5.82 Å². The number of hydrogen-bond donors (Lipinski definition) is 0. The Hall–Kier alpha value is -2.87. The van der Waals surface area contributed by atoms with E-state index in [1.807, 2.05) is 30.3 Å². The van der Waals surface area contributed by atoms with Gasteiger partial charge in [-0.25, -0.2) is 4.39 Å². The van der Waals surface area contributed by atoms with Gasteiger partial charge < -0.3 is 4.18 Å². The van der Waals surface area contributed by atoms with Crippen LogP contribution < -0.4 is 4.18 Å². The lowest BCUT2D eigenvalue weighted by Crippen LogP contribution is -2.13. The summed E-state index contributed by atoms with van der Waals surface area (Å²) in [7, 11) is -4.33. The zero-order valence-corrected chi connectivity index (χ0v) is 17.5. The Morgan fingerprint density at radius 2 is 1.60 bits per heavy atom. The Morgan fingerprint density at radius 1 is 0.900 bits per heavy atom. The summed E-state index contributed by atoms with van der Waals surface area (Å²) in [4.78, 5) is -0.273. The highest BCUT2D eigenvalue weighted by atomic mass is 35.5. The number of halogens is 3. The molecule has 0 atom stereocenters. The maximum absolute atomic E-state index is 13.4. The van der Waals surface area contributed by atoms with Crippen LogP contribution in [0.5, 0.6) is 5.88 Å². The second-order valence-corrected chi connectivity index (χ2v) is 8.59. The third-order valence-corrected chi connectivity index (χ3v) is 6.12. The number of nitrogens with zero attached hydrogens (tertiary/aromatic N) is 2. The molecule has 0 bridgehead atoms. The minimum absolute atomic E-state index is 0.0319. The summed E-state index contributed by atoms with van der Waals surface area (Å²) in [5.74, 6) is -0.522. The number of aromatic nitrogens is 2. The highest BCUT2D eigenvalue weighted by Gasteiger charge is 2.24. The van der Waals surface area contributed by atoms with Crippen LogP contribution in [0.3, 0.4) is 0 Å². The van der Waals surface area contributed by atoms with Crippen LogP contribution >= 0.6 is 23.2 Å². The molecule has 0 fully saturated rings. The van der Waals surface area contributed by atoms with Gasteiger partial charge in [0.15, 0.2) is 0 Å². The Bertz CT molecular complexity index is 1310. The van der Waals surface area contributed by atoms with E-state index in [1.165, 1.54) is 53.2 Å². The predicted molar refractivity (Wildman–Crippen MR) is 113 cm³/mol. The molecule has 4 aromatic rings. The first kappa shape index (κ1) is 20.4. The first-order valence-corrected chi connectivity index (χ1v) is 10.8. The minimum Gasteiger partial charge on any atom is -0.358 e. The molecular formula is C21H13Cl2FN2O3S. The summed E-state index contributed by atoms with van der Waals surface area (Å²) < 4.78 is 45.8. The zero-order valence-electron chi connectivity index (χ0n) is 15.2. The number of rotatable bonds is 5. The summed E-state index contributed by atoms with van der Waals surface area (Å²) >= 11 is 12.0. The molecule has 152 valence electrons. The Morgan fingerprint density at radius 3 is 2.30 bits per heavy atom. The van der Waals surface area contributed by atoms with Crippen molar-refractivity contribution in [2.75, 3.05) is 0 Å². The van der Waals surface area contributed by atoms with Gasteiger partial charge in [0.1, 0.15) is 10.7 Å². The lowest BCUT2D eigenvalue weighted by atomic mass is 10.2. The molecule has 3 aromatic carbocycles. The fraction of sp³-hybridized carbons (Fsp3) is 0. The van der Waals surface area contributed by atoms with Gasteiger partial charge in [-0.05, 0) is 42.5 Å². The monoisotopic (exact) mass is 462 g/mol. The van der Waals surface area contributed by atoms with Crippen molar-refractivity contribution < 1.29 is 17.0 Å². The standard InChI is InChI=1S/C21H13Cl2FN2O3S/c22-15-6-11-18(23)20(12-15)30(27,28)29-21-13-19(14-4-2-1-3-5-14)25-26(21)17-9-7-16(24)8-10-17/h1-13H. The molecule has 0 saturated carbocycles. The van der Waals surface area contributed by atoms with E-state index in [4.69, 9.17) is 27.4 Å². The van der Waals surface area contributed by atoms with E-state index in [-0.39, 0.29) is 20.8 Å². The van der Waals surface area contributed by atoms with E-state index in [1.54, 1.807) is 0 Å². The van der Waals surface area contributed by atoms with Crippen molar-refractivity contribution in [3.63, 3.8) is 0 Å². The molecule has 0 aliphatic heterocycles. The number of hydrogen-bond acceptors (Lipinski definition) is 4. The van der Waals surface area contributed by atoms with Crippen molar-refractivity contribution in [3.8, 4) is 22.8 Å². The first-order valence-electron chi connectivity index (χ1n) is 8.64. The lowest BCUT2D eigenvalue weighted by Gasteiger charge is -2.10. The molecule has 1 aromatic heterocycles. The Kier molecular flexibility index (Phi) is 5.51. The second kappa shape index (κ2) is 8.10. The average molecular weight is 463 g/mol. The fourth-order valence-corrected chi connectivity index (χ4v) is 4.42. The van der Waals surface area contributed by atoms with Crippen molar-refractivity contribution in [3.05, 3.63) is 94.7 Å². The molecular weight excluding hydrogens is 450 g/mol. The molecule has 1 heterocycles. The molecule has 5 nitrogen and oxygen atoms in total. The molecule has 30 heavy (non-hydrogen) atoms. The van der Waals surface area contributed by atoms with E-state index < -0.39 is 15.9 Å². The predicted octanol–water partition coefficient (Wildman–Crippen LogP) is 5.75. The maximum atomic E-state index is 13.4. The number of benzene rings is 3. The van der Waals surface area contributed by atoms with Gasteiger partial charge in [-0.1, -0.05) is 53.5 Å². The fourth-order valence-electron chi connectivity index (χ4n) is 2.77. The second-order valence-electron chi connectivity index (χ2n) is 6.23. The molecule has 0 radical (unpaired) electrons. The van der Waals surface area contributed by atoms with Crippen molar-refractivity contribution in [1.82, 2.24) is 9.78 Å². The smallest absolute Gasteiger partial charge is 0.342 e. The topological polar surface area (TPSA) is 61.2 Å². The summed E-state index contributed by atoms with van der Waals surface area (Å²) in [6.45, 7) is 0. The molecule has 0 saturated heterocycles. The third kappa shape index (κ3) is 4.18. The normalized spacial score (nSPS) is 11.4. The van der Waals surface area contributed by atoms with Crippen molar-refractivity contribution in [2.45, 2.75) is 4.90 Å². The van der Waals surface area contributed by atoms with Gasteiger partial charge in [0.25, 0.3) is 0 Å². The Balaban J connectivity index is 1.82. The van der Waals surface area contributed by atoms with Gasteiger partial charge in [0.05, 0.1) is 16.4 Å². The molecule has 4 rings (SSSR count). The molecule has 0 unspecified atom stereocenters. The van der Waals surface area contributed by atoms with Gasteiger partial charge in [0.2, 0.25) is 5.88 Å². The van der Waals surface area contributed by atoms with Crippen LogP contribution in [-0.4, -0.2) is 18.2 Å². The van der Waals surface area contributed by atoms with Crippen LogP contribution in [0.25, 0.3) is 16.9 Å².